The number of benzene rings is 1. The summed E-state index contributed by atoms with van der Waals surface area (Å²) in [6.07, 6.45) is -0.993. The van der Waals surface area contributed by atoms with Gasteiger partial charge in [0.1, 0.15) is 11.9 Å². The van der Waals surface area contributed by atoms with Gasteiger partial charge in [0.15, 0.2) is 0 Å². The maximum Gasteiger partial charge on any atom is 0.414 e. The van der Waals surface area contributed by atoms with E-state index in [-0.39, 0.29) is 23.7 Å². The van der Waals surface area contributed by atoms with Crippen LogP contribution in [0.2, 0.25) is 0 Å². The second-order valence-electron chi connectivity index (χ2n) is 7.58. The lowest BCUT2D eigenvalue weighted by atomic mass is 10.2. The van der Waals surface area contributed by atoms with Crippen LogP contribution in [-0.4, -0.2) is 73.6 Å². The van der Waals surface area contributed by atoms with Crippen molar-refractivity contribution in [3.05, 3.63) is 24.0 Å². The number of carbonyl (C=O) groups is 2. The summed E-state index contributed by atoms with van der Waals surface area (Å²) < 4.78 is 25.5. The van der Waals surface area contributed by atoms with E-state index in [9.17, 15) is 14.0 Å². The summed E-state index contributed by atoms with van der Waals surface area (Å²) >= 11 is 5.07. The molecule has 3 rings (SSSR count). The second kappa shape index (κ2) is 9.46. The van der Waals surface area contributed by atoms with E-state index >= 15 is 0 Å². The number of ether oxygens (including phenoxy) is 2. The molecule has 0 radical (unpaired) electrons. The molecule has 0 aliphatic carbocycles. The van der Waals surface area contributed by atoms with Gasteiger partial charge in [-0.25, -0.2) is 9.18 Å². The predicted molar refractivity (Wildman–Crippen MR) is 115 cm³/mol. The van der Waals surface area contributed by atoms with Crippen LogP contribution in [0.25, 0.3) is 0 Å². The van der Waals surface area contributed by atoms with Crippen LogP contribution in [0.5, 0.6) is 0 Å². The number of hydrogen-bond acceptors (Lipinski definition) is 6. The smallest absolute Gasteiger partial charge is 0.414 e. The third kappa shape index (κ3) is 5.29. The van der Waals surface area contributed by atoms with E-state index in [0.29, 0.717) is 44.1 Å². The van der Waals surface area contributed by atoms with Crippen LogP contribution in [0.1, 0.15) is 20.8 Å². The van der Waals surface area contributed by atoms with Crippen molar-refractivity contribution in [2.45, 2.75) is 33.0 Å². The first kappa shape index (κ1) is 22.1. The molecule has 0 bridgehead atoms. The number of carbonyl (C=O) groups excluding carboxylic acids is 2. The first-order valence-corrected chi connectivity index (χ1v) is 10.4. The summed E-state index contributed by atoms with van der Waals surface area (Å²) in [4.78, 5) is 28.8. The van der Waals surface area contributed by atoms with Gasteiger partial charge in [-0.15, -0.1) is 0 Å². The van der Waals surface area contributed by atoms with E-state index in [1.165, 1.54) is 17.9 Å². The van der Waals surface area contributed by atoms with Crippen molar-refractivity contribution < 1.29 is 23.5 Å². The summed E-state index contributed by atoms with van der Waals surface area (Å²) in [7, 11) is 0. The highest BCUT2D eigenvalue weighted by Crippen LogP contribution is 2.28. The van der Waals surface area contributed by atoms with Gasteiger partial charge in [-0.05, 0) is 44.3 Å². The molecule has 0 aromatic heterocycles. The van der Waals surface area contributed by atoms with Gasteiger partial charge in [0.25, 0.3) is 5.17 Å². The van der Waals surface area contributed by atoms with Gasteiger partial charge >= 0.3 is 6.09 Å². The lowest BCUT2D eigenvalue weighted by Crippen LogP contribution is -2.48. The summed E-state index contributed by atoms with van der Waals surface area (Å²) in [5, 5.41) is 3.17. The van der Waals surface area contributed by atoms with Crippen LogP contribution in [0, 0.1) is 5.82 Å². The van der Waals surface area contributed by atoms with Crippen molar-refractivity contribution in [1.82, 2.24) is 10.2 Å². The van der Waals surface area contributed by atoms with E-state index < -0.39 is 18.0 Å². The van der Waals surface area contributed by atoms with Gasteiger partial charge in [-0.1, -0.05) is 0 Å². The maximum atomic E-state index is 14.8. The Balaban J connectivity index is 1.59. The van der Waals surface area contributed by atoms with Gasteiger partial charge in [0.2, 0.25) is 5.91 Å². The minimum absolute atomic E-state index is 0.0265. The fourth-order valence-corrected chi connectivity index (χ4v) is 3.75. The van der Waals surface area contributed by atoms with Gasteiger partial charge in [-0.3, -0.25) is 9.69 Å². The van der Waals surface area contributed by atoms with Crippen LogP contribution < -0.4 is 15.1 Å². The van der Waals surface area contributed by atoms with Crippen molar-refractivity contribution in [3.63, 3.8) is 0 Å². The average Bonchev–Trinajstić information content (AvgIpc) is 3.06. The zero-order chi connectivity index (χ0) is 21.8. The zero-order valence-corrected chi connectivity index (χ0v) is 18.2. The minimum Gasteiger partial charge on any atom is -0.468 e. The molecule has 2 saturated heterocycles. The zero-order valence-electron chi connectivity index (χ0n) is 17.4. The largest absolute Gasteiger partial charge is 0.468 e. The number of nitrogens with zero attached hydrogens (tertiary/aromatic N) is 3. The molecule has 1 atom stereocenters. The van der Waals surface area contributed by atoms with Gasteiger partial charge < -0.3 is 24.6 Å². The van der Waals surface area contributed by atoms with Crippen molar-refractivity contribution in [2.75, 3.05) is 49.1 Å². The summed E-state index contributed by atoms with van der Waals surface area (Å²) in [6.45, 7) is 8.12. The van der Waals surface area contributed by atoms with E-state index in [1.807, 2.05) is 18.7 Å². The number of cyclic esters (lactones) is 1. The number of halogens is 1. The first-order chi connectivity index (χ1) is 14.2. The third-order valence-electron chi connectivity index (χ3n) is 5.00. The highest BCUT2D eigenvalue weighted by Gasteiger charge is 2.33. The maximum absolute atomic E-state index is 14.8. The number of anilines is 2. The molecule has 164 valence electrons. The number of hydrogen-bond donors (Lipinski definition) is 1. The molecular formula is C20H27FN4O4S. The number of nitrogens with one attached hydrogen (secondary N) is 1. The molecule has 2 amide bonds. The number of amides is 2. The fourth-order valence-electron chi connectivity index (χ4n) is 3.47. The molecule has 1 aromatic rings. The van der Waals surface area contributed by atoms with Gasteiger partial charge in [0.05, 0.1) is 30.6 Å². The highest BCUT2D eigenvalue weighted by molar-refractivity contribution is 7.80. The Bertz CT molecular complexity index is 814. The first-order valence-electron chi connectivity index (χ1n) is 9.97. The fraction of sp³-hybridized carbons (Fsp3) is 0.550. The van der Waals surface area contributed by atoms with Crippen LogP contribution in [0.3, 0.4) is 0 Å². The standard InChI is InChI=1S/C20H27FN4O4S/c1-13(2)28-19(30)22-11-16-12-25(20(27)29-16)15-4-5-18(17(21)10-15)24-8-6-23(7-9-24)14(3)26/h4-5,10,13,16H,6-9,11-12H2,1-3H3,(H,22,30)/t16-/m0/s1. The Kier molecular flexibility index (Phi) is 6.96. The van der Waals surface area contributed by atoms with E-state index in [0.717, 1.165) is 0 Å². The topological polar surface area (TPSA) is 74.4 Å². The number of rotatable bonds is 5. The van der Waals surface area contributed by atoms with Crippen LogP contribution in [-0.2, 0) is 14.3 Å². The molecule has 2 aliphatic heterocycles. The van der Waals surface area contributed by atoms with E-state index in [2.05, 4.69) is 5.32 Å². The summed E-state index contributed by atoms with van der Waals surface area (Å²) in [5.74, 6) is -0.386. The molecule has 0 saturated carbocycles. The third-order valence-corrected chi connectivity index (χ3v) is 5.24. The molecule has 10 heteroatoms. The normalized spacial score (nSPS) is 19.2. The molecule has 2 heterocycles. The van der Waals surface area contributed by atoms with Gasteiger partial charge in [0, 0.05) is 33.1 Å². The summed E-state index contributed by atoms with van der Waals surface area (Å²) in [5.41, 5.74) is 0.899. The lowest BCUT2D eigenvalue weighted by molar-refractivity contribution is -0.129. The molecule has 30 heavy (non-hydrogen) atoms. The van der Waals surface area contributed by atoms with Crippen molar-refractivity contribution in [1.29, 1.82) is 0 Å². The Hall–Kier alpha value is -2.62. The number of thiocarbonyl (C=S) groups is 1. The number of piperazine rings is 1. The minimum atomic E-state index is -0.528. The van der Waals surface area contributed by atoms with Crippen molar-refractivity contribution in [2.24, 2.45) is 0 Å². The van der Waals surface area contributed by atoms with Crippen molar-refractivity contribution in [3.8, 4) is 0 Å². The van der Waals surface area contributed by atoms with Crippen LogP contribution in [0.4, 0.5) is 20.6 Å². The summed E-state index contributed by atoms with van der Waals surface area (Å²) in [6, 6.07) is 4.72. The Morgan fingerprint density at radius 3 is 2.63 bits per heavy atom. The van der Waals surface area contributed by atoms with Crippen LogP contribution >= 0.6 is 12.2 Å². The highest BCUT2D eigenvalue weighted by atomic mass is 32.1. The monoisotopic (exact) mass is 438 g/mol. The Morgan fingerprint density at radius 2 is 2.03 bits per heavy atom. The Morgan fingerprint density at radius 1 is 1.33 bits per heavy atom. The molecule has 1 N–H and O–H groups in total. The van der Waals surface area contributed by atoms with Crippen LogP contribution in [0.15, 0.2) is 18.2 Å². The van der Waals surface area contributed by atoms with Gasteiger partial charge in [-0.2, -0.15) is 0 Å². The molecule has 1 aromatic carbocycles. The molecule has 8 nitrogen and oxygen atoms in total. The predicted octanol–water partition coefficient (Wildman–Crippen LogP) is 2.12. The van der Waals surface area contributed by atoms with Crippen molar-refractivity contribution >= 4 is 40.8 Å². The SMILES string of the molecule is CC(=O)N1CCN(c2ccc(N3C[C@H](CNC(=S)OC(C)C)OC3=O)cc2F)CC1. The quantitative estimate of drug-likeness (QED) is 0.706. The Labute approximate surface area is 180 Å². The molecule has 2 fully saturated rings. The second-order valence-corrected chi connectivity index (χ2v) is 7.95. The average molecular weight is 439 g/mol. The molecular weight excluding hydrogens is 411 g/mol. The molecule has 0 spiro atoms. The van der Waals surface area contributed by atoms with E-state index in [1.54, 1.807) is 17.0 Å². The molecule has 0 unspecified atom stereocenters. The lowest BCUT2D eigenvalue weighted by Gasteiger charge is -2.35. The molecule has 2 aliphatic rings. The van der Waals surface area contributed by atoms with E-state index in [4.69, 9.17) is 21.7 Å².